The highest BCUT2D eigenvalue weighted by Gasteiger charge is 2.53. The largest absolute Gasteiger partial charge is 0.477 e. The molecule has 13 heteroatoms. The van der Waals surface area contributed by atoms with Gasteiger partial charge in [-0.25, -0.2) is 14.2 Å². The number of halogens is 1. The first-order chi connectivity index (χ1) is 16.4. The van der Waals surface area contributed by atoms with E-state index in [9.17, 15) is 23.9 Å². The van der Waals surface area contributed by atoms with E-state index >= 15 is 0 Å². The second kappa shape index (κ2) is 10.2. The number of alkyl halides is 1. The Hall–Kier alpha value is -3.45. The number of rotatable bonds is 9. The topological polar surface area (TPSA) is 147 Å². The number of nitrogens with two attached hydrogens (primary N) is 1. The summed E-state index contributed by atoms with van der Waals surface area (Å²) in [6.45, 7) is -1.16. The zero-order valence-electron chi connectivity index (χ0n) is 17.6. The Kier molecular flexibility index (Phi) is 7.12. The number of carbonyl (C=O) groups excluding carboxylic acids is 2. The predicted octanol–water partition coefficient (Wildman–Crippen LogP) is 1.99. The average Bonchev–Trinajstić information content (AvgIpc) is 3.26. The van der Waals surface area contributed by atoms with Crippen molar-refractivity contribution >= 4 is 51.7 Å². The number of carboxylic acids is 1. The van der Waals surface area contributed by atoms with Crippen LogP contribution >= 0.6 is 23.1 Å². The first-order valence-electron chi connectivity index (χ1n) is 10.2. The van der Waals surface area contributed by atoms with Gasteiger partial charge in [0.15, 0.2) is 10.8 Å². The Labute approximate surface area is 201 Å². The van der Waals surface area contributed by atoms with Crippen molar-refractivity contribution in [3.8, 4) is 0 Å². The third-order valence-corrected chi connectivity index (χ3v) is 7.00. The van der Waals surface area contributed by atoms with Crippen LogP contribution in [-0.4, -0.2) is 63.9 Å². The highest BCUT2D eigenvalue weighted by atomic mass is 32.2. The minimum absolute atomic E-state index is 0.0759. The lowest BCUT2D eigenvalue weighted by Gasteiger charge is -2.50. The number of hydrogen-bond donors (Lipinski definition) is 3. The van der Waals surface area contributed by atoms with Crippen molar-refractivity contribution in [1.29, 1.82) is 0 Å². The normalized spacial score (nSPS) is 20.0. The lowest BCUT2D eigenvalue weighted by atomic mass is 9.86. The quantitative estimate of drug-likeness (QED) is 0.203. The molecule has 0 unspecified atom stereocenters. The standard InChI is InChI=1S/C21H20FN5O5S2/c22-8-9-32-26-15(12-10-33-21(23)24-12)18(28)25-16-13-6-7-14(34-11-4-2-1-3-5-11)17(20(30)31)27(13)19(16)29/h1-5,10,13,16H,6-9H2,(H2,23,24)(H,25,28)(H,30,31)/b26-15+/t13-,16+/m1/s1. The summed E-state index contributed by atoms with van der Waals surface area (Å²) in [5.41, 5.74) is 5.42. The molecule has 34 heavy (non-hydrogen) atoms. The molecular weight excluding hydrogens is 485 g/mol. The van der Waals surface area contributed by atoms with Gasteiger partial charge in [0.05, 0.1) is 6.04 Å². The molecule has 2 aliphatic heterocycles. The van der Waals surface area contributed by atoms with Crippen molar-refractivity contribution in [1.82, 2.24) is 15.2 Å². The van der Waals surface area contributed by atoms with Gasteiger partial charge in [0, 0.05) is 15.2 Å². The van der Waals surface area contributed by atoms with Crippen LogP contribution in [0, 0.1) is 0 Å². The third-order valence-electron chi connectivity index (χ3n) is 5.17. The van der Waals surface area contributed by atoms with Gasteiger partial charge >= 0.3 is 5.97 Å². The van der Waals surface area contributed by atoms with E-state index in [0.717, 1.165) is 16.2 Å². The number of β-lactam (4-membered cyclic amide) rings is 1. The molecule has 4 N–H and O–H groups in total. The number of thiazole rings is 1. The number of nitrogen functional groups attached to an aromatic ring is 1. The molecule has 0 radical (unpaired) electrons. The van der Waals surface area contributed by atoms with E-state index in [2.05, 4.69) is 15.5 Å². The lowest BCUT2D eigenvalue weighted by molar-refractivity contribution is -0.155. The Morgan fingerprint density at radius 3 is 2.79 bits per heavy atom. The fourth-order valence-electron chi connectivity index (χ4n) is 3.71. The van der Waals surface area contributed by atoms with Gasteiger partial charge in [-0.2, -0.15) is 0 Å². The fourth-order valence-corrected chi connectivity index (χ4v) is 5.34. The number of anilines is 1. The number of oxime groups is 1. The minimum atomic E-state index is -1.21. The SMILES string of the molecule is Nc1nc(/C(=N\OCCF)C(=O)N[C@@H]2C(=O)N3C(C(=O)O)=C(Sc4ccccc4)CC[C@H]23)cs1. The number of hydrogen-bond acceptors (Lipinski definition) is 9. The minimum Gasteiger partial charge on any atom is -0.477 e. The number of amides is 2. The first kappa shape index (κ1) is 23.7. The zero-order chi connectivity index (χ0) is 24.2. The van der Waals surface area contributed by atoms with Crippen LogP contribution in [0.5, 0.6) is 0 Å². The molecule has 4 rings (SSSR count). The van der Waals surface area contributed by atoms with Gasteiger partial charge in [-0.05, 0) is 25.0 Å². The van der Waals surface area contributed by atoms with Crippen molar-refractivity contribution in [2.24, 2.45) is 5.16 Å². The van der Waals surface area contributed by atoms with E-state index < -0.39 is 36.5 Å². The summed E-state index contributed by atoms with van der Waals surface area (Å²) >= 11 is 2.38. The third kappa shape index (κ3) is 4.75. The second-order valence-electron chi connectivity index (χ2n) is 7.29. The van der Waals surface area contributed by atoms with Gasteiger partial charge in [-0.3, -0.25) is 14.5 Å². The van der Waals surface area contributed by atoms with Crippen LogP contribution < -0.4 is 11.1 Å². The molecule has 2 amide bonds. The number of benzene rings is 1. The molecular formula is C21H20FN5O5S2. The predicted molar refractivity (Wildman–Crippen MR) is 124 cm³/mol. The first-order valence-corrected chi connectivity index (χ1v) is 11.9. The van der Waals surface area contributed by atoms with Crippen LogP contribution in [0.1, 0.15) is 18.5 Å². The number of allylic oxidation sites excluding steroid dienone is 1. The molecule has 1 aromatic heterocycles. The van der Waals surface area contributed by atoms with E-state index in [1.54, 1.807) is 0 Å². The van der Waals surface area contributed by atoms with Crippen molar-refractivity contribution in [3.05, 3.63) is 52.0 Å². The summed E-state index contributed by atoms with van der Waals surface area (Å²) in [6, 6.07) is 7.83. The summed E-state index contributed by atoms with van der Waals surface area (Å²) < 4.78 is 12.4. The summed E-state index contributed by atoms with van der Waals surface area (Å²) in [4.78, 5) is 49.3. The van der Waals surface area contributed by atoms with Crippen LogP contribution in [0.15, 0.2) is 56.4 Å². The molecule has 0 aliphatic carbocycles. The smallest absolute Gasteiger partial charge is 0.353 e. The summed E-state index contributed by atoms with van der Waals surface area (Å²) in [6.07, 6.45) is 0.905. The van der Waals surface area contributed by atoms with E-state index in [-0.39, 0.29) is 28.8 Å². The summed E-state index contributed by atoms with van der Waals surface area (Å²) in [5, 5.41) is 17.7. The number of carboxylic acid groups (broad SMARTS) is 1. The van der Waals surface area contributed by atoms with Gasteiger partial charge in [0.1, 0.15) is 30.7 Å². The molecule has 0 bridgehead atoms. The average molecular weight is 506 g/mol. The number of carbonyl (C=O) groups is 3. The van der Waals surface area contributed by atoms with E-state index in [4.69, 9.17) is 10.6 Å². The number of thioether (sulfide) groups is 1. The Bertz CT molecular complexity index is 1170. The van der Waals surface area contributed by atoms with Gasteiger partial charge in [0.2, 0.25) is 0 Å². The van der Waals surface area contributed by atoms with Crippen LogP contribution in [-0.2, 0) is 19.2 Å². The monoisotopic (exact) mass is 505 g/mol. The zero-order valence-corrected chi connectivity index (χ0v) is 19.3. The van der Waals surface area contributed by atoms with Crippen LogP contribution in [0.2, 0.25) is 0 Å². The van der Waals surface area contributed by atoms with Gasteiger partial charge in [0.25, 0.3) is 11.8 Å². The number of fused-ring (bicyclic) bond motifs is 1. The molecule has 3 heterocycles. The Morgan fingerprint density at radius 1 is 1.38 bits per heavy atom. The van der Waals surface area contributed by atoms with Crippen molar-refractivity contribution in [3.63, 3.8) is 0 Å². The maximum Gasteiger partial charge on any atom is 0.353 e. The van der Waals surface area contributed by atoms with Crippen molar-refractivity contribution in [2.45, 2.75) is 29.8 Å². The number of aromatic nitrogens is 1. The van der Waals surface area contributed by atoms with E-state index in [1.807, 2.05) is 30.3 Å². The second-order valence-corrected chi connectivity index (χ2v) is 9.35. The van der Waals surface area contributed by atoms with Gasteiger partial charge in [-0.1, -0.05) is 35.1 Å². The van der Waals surface area contributed by atoms with Crippen LogP contribution in [0.3, 0.4) is 0 Å². The molecule has 2 aromatic rings. The van der Waals surface area contributed by atoms with Gasteiger partial charge in [-0.15, -0.1) is 11.3 Å². The van der Waals surface area contributed by atoms with Crippen LogP contribution in [0.25, 0.3) is 0 Å². The molecule has 0 saturated carbocycles. The maximum atomic E-state index is 12.9. The van der Waals surface area contributed by atoms with E-state index in [1.165, 1.54) is 22.0 Å². The molecule has 178 valence electrons. The molecule has 2 atom stereocenters. The maximum absolute atomic E-state index is 12.9. The van der Waals surface area contributed by atoms with Crippen molar-refractivity contribution in [2.75, 3.05) is 19.0 Å². The summed E-state index contributed by atoms with van der Waals surface area (Å²) in [5.74, 6) is -2.50. The molecule has 10 nitrogen and oxygen atoms in total. The molecule has 2 aliphatic rings. The highest BCUT2D eigenvalue weighted by Crippen LogP contribution is 2.43. The fraction of sp³-hybridized carbons (Fsp3) is 0.286. The molecule has 1 fully saturated rings. The Balaban J connectivity index is 1.52. The van der Waals surface area contributed by atoms with Crippen molar-refractivity contribution < 1.29 is 28.7 Å². The number of aliphatic carboxylic acids is 1. The summed E-state index contributed by atoms with van der Waals surface area (Å²) in [7, 11) is 0. The highest BCUT2D eigenvalue weighted by molar-refractivity contribution is 8.03. The molecule has 1 saturated heterocycles. The van der Waals surface area contributed by atoms with Gasteiger partial charge < -0.3 is 21.0 Å². The molecule has 1 aromatic carbocycles. The Morgan fingerprint density at radius 2 is 2.15 bits per heavy atom. The van der Waals surface area contributed by atoms with Crippen LogP contribution in [0.4, 0.5) is 9.52 Å². The molecule has 0 spiro atoms. The lowest BCUT2D eigenvalue weighted by Crippen LogP contribution is -2.72. The number of nitrogens with zero attached hydrogens (tertiary/aromatic N) is 3. The van der Waals surface area contributed by atoms with E-state index in [0.29, 0.717) is 17.7 Å². The number of nitrogens with one attached hydrogen (secondary N) is 1.